The van der Waals surface area contributed by atoms with Crippen molar-refractivity contribution in [1.82, 2.24) is 4.57 Å². The number of benzene rings is 1. The Morgan fingerprint density at radius 1 is 1.17 bits per heavy atom. The van der Waals surface area contributed by atoms with E-state index in [4.69, 9.17) is 0 Å². The number of alkyl halides is 3. The van der Waals surface area contributed by atoms with Crippen LogP contribution in [0.15, 0.2) is 36.4 Å². The van der Waals surface area contributed by atoms with Crippen molar-refractivity contribution in [1.29, 1.82) is 0 Å². The monoisotopic (exact) mass is 253 g/mol. The summed E-state index contributed by atoms with van der Waals surface area (Å²) in [5.41, 5.74) is 0.627. The van der Waals surface area contributed by atoms with E-state index >= 15 is 0 Å². The molecule has 5 heteroatoms. The predicted octanol–water partition coefficient (Wildman–Crippen LogP) is 3.62. The van der Waals surface area contributed by atoms with Gasteiger partial charge in [-0.3, -0.25) is 4.79 Å². The lowest BCUT2D eigenvalue weighted by atomic mass is 10.2. The first-order valence-electron chi connectivity index (χ1n) is 5.24. The molecule has 0 bridgehead atoms. The van der Waals surface area contributed by atoms with E-state index in [1.54, 1.807) is 19.1 Å². The Balaban J connectivity index is 2.58. The number of nitrogens with zero attached hydrogens (tertiary/aromatic N) is 1. The van der Waals surface area contributed by atoms with E-state index in [9.17, 15) is 18.0 Å². The molecule has 0 saturated carbocycles. The van der Waals surface area contributed by atoms with Crippen molar-refractivity contribution in [2.75, 3.05) is 0 Å². The maximum absolute atomic E-state index is 12.6. The molecule has 0 unspecified atom stereocenters. The van der Waals surface area contributed by atoms with Crippen LogP contribution in [0, 0.1) is 6.92 Å². The summed E-state index contributed by atoms with van der Waals surface area (Å²) in [5.74, 6) is 0. The Kier molecular flexibility index (Phi) is 2.98. The largest absolute Gasteiger partial charge is 0.416 e. The Morgan fingerprint density at radius 2 is 1.89 bits per heavy atom. The number of aryl methyl sites for hydroxylation is 1. The van der Waals surface area contributed by atoms with Gasteiger partial charge in [0.05, 0.1) is 11.3 Å². The summed E-state index contributed by atoms with van der Waals surface area (Å²) < 4.78 is 39.3. The van der Waals surface area contributed by atoms with Gasteiger partial charge in [0, 0.05) is 11.4 Å². The fourth-order valence-electron chi connectivity index (χ4n) is 1.82. The van der Waals surface area contributed by atoms with E-state index in [0.29, 0.717) is 23.4 Å². The van der Waals surface area contributed by atoms with Gasteiger partial charge in [-0.1, -0.05) is 6.07 Å². The molecule has 1 aromatic heterocycles. The molecule has 94 valence electrons. The van der Waals surface area contributed by atoms with Crippen molar-refractivity contribution in [2.45, 2.75) is 13.1 Å². The lowest BCUT2D eigenvalue weighted by molar-refractivity contribution is -0.137. The Labute approximate surface area is 102 Å². The van der Waals surface area contributed by atoms with E-state index in [1.165, 1.54) is 16.7 Å². The molecule has 0 saturated heterocycles. The molecule has 1 aromatic carbocycles. The molecule has 2 nitrogen and oxygen atoms in total. The molecule has 0 spiro atoms. The Hall–Kier alpha value is -2.04. The Bertz CT molecular complexity index is 584. The number of aromatic nitrogens is 1. The fourth-order valence-corrected chi connectivity index (χ4v) is 1.82. The van der Waals surface area contributed by atoms with Crippen LogP contribution in [-0.2, 0) is 6.18 Å². The van der Waals surface area contributed by atoms with Gasteiger partial charge < -0.3 is 4.57 Å². The van der Waals surface area contributed by atoms with E-state index < -0.39 is 11.7 Å². The van der Waals surface area contributed by atoms with Crippen LogP contribution in [-0.4, -0.2) is 10.9 Å². The third-order valence-corrected chi connectivity index (χ3v) is 2.66. The highest BCUT2D eigenvalue weighted by molar-refractivity contribution is 5.74. The van der Waals surface area contributed by atoms with Gasteiger partial charge >= 0.3 is 6.18 Å². The van der Waals surface area contributed by atoms with E-state index in [0.717, 1.165) is 12.1 Å². The van der Waals surface area contributed by atoms with Crippen LogP contribution in [0.1, 0.15) is 21.7 Å². The minimum atomic E-state index is -4.39. The second kappa shape index (κ2) is 4.33. The van der Waals surface area contributed by atoms with Crippen molar-refractivity contribution in [2.24, 2.45) is 0 Å². The molecule has 1 heterocycles. The summed E-state index contributed by atoms with van der Waals surface area (Å²) in [6.07, 6.45) is -3.77. The molecule has 2 rings (SSSR count). The number of carbonyl (C=O) groups is 1. The highest BCUT2D eigenvalue weighted by Gasteiger charge is 2.30. The van der Waals surface area contributed by atoms with Gasteiger partial charge in [0.15, 0.2) is 6.29 Å². The van der Waals surface area contributed by atoms with Crippen molar-refractivity contribution >= 4 is 6.29 Å². The molecule has 0 aliphatic rings. The van der Waals surface area contributed by atoms with Gasteiger partial charge in [0.25, 0.3) is 0 Å². The van der Waals surface area contributed by atoms with Crippen molar-refractivity contribution in [3.8, 4) is 5.69 Å². The van der Waals surface area contributed by atoms with Crippen LogP contribution in [0.3, 0.4) is 0 Å². The topological polar surface area (TPSA) is 22.0 Å². The van der Waals surface area contributed by atoms with Crippen LogP contribution in [0.5, 0.6) is 0 Å². The summed E-state index contributed by atoms with van der Waals surface area (Å²) in [6.45, 7) is 1.73. The summed E-state index contributed by atoms with van der Waals surface area (Å²) >= 11 is 0. The minimum Gasteiger partial charge on any atom is -0.311 e. The maximum atomic E-state index is 12.6. The van der Waals surface area contributed by atoms with Gasteiger partial charge in [-0.25, -0.2) is 0 Å². The zero-order valence-electron chi connectivity index (χ0n) is 9.53. The normalized spacial score (nSPS) is 11.6. The lowest BCUT2D eigenvalue weighted by Crippen LogP contribution is -2.07. The molecular weight excluding hydrogens is 243 g/mol. The average molecular weight is 253 g/mol. The molecule has 0 aliphatic carbocycles. The first-order chi connectivity index (χ1) is 8.43. The minimum absolute atomic E-state index is 0.326. The van der Waals surface area contributed by atoms with Gasteiger partial charge in [0.2, 0.25) is 0 Å². The van der Waals surface area contributed by atoms with E-state index in [-0.39, 0.29) is 0 Å². The van der Waals surface area contributed by atoms with Crippen LogP contribution in [0.25, 0.3) is 5.69 Å². The maximum Gasteiger partial charge on any atom is 0.416 e. The van der Waals surface area contributed by atoms with Gasteiger partial charge in [-0.2, -0.15) is 13.2 Å². The van der Waals surface area contributed by atoms with Crippen molar-refractivity contribution in [3.05, 3.63) is 53.3 Å². The SMILES string of the molecule is Cc1ccc(C=O)n1-c1cccc(C(F)(F)F)c1. The first-order valence-corrected chi connectivity index (χ1v) is 5.24. The first kappa shape index (κ1) is 12.4. The molecule has 0 amide bonds. The quantitative estimate of drug-likeness (QED) is 0.749. The standard InChI is InChI=1S/C13H10F3NO/c1-9-5-6-12(8-18)17(9)11-4-2-3-10(7-11)13(14,15)16/h2-8H,1H3. The van der Waals surface area contributed by atoms with Crippen LogP contribution < -0.4 is 0 Å². The lowest BCUT2D eigenvalue weighted by Gasteiger charge is -2.12. The fraction of sp³-hybridized carbons (Fsp3) is 0.154. The average Bonchev–Trinajstić information content (AvgIpc) is 2.69. The number of aldehydes is 1. The zero-order chi connectivity index (χ0) is 13.3. The highest BCUT2D eigenvalue weighted by atomic mass is 19.4. The summed E-state index contributed by atoms with van der Waals surface area (Å²) in [4.78, 5) is 10.9. The van der Waals surface area contributed by atoms with Crippen LogP contribution in [0.4, 0.5) is 13.2 Å². The summed E-state index contributed by atoms with van der Waals surface area (Å²) in [7, 11) is 0. The van der Waals surface area contributed by atoms with Crippen LogP contribution in [0.2, 0.25) is 0 Å². The van der Waals surface area contributed by atoms with Gasteiger partial charge in [-0.05, 0) is 37.3 Å². The second-order valence-electron chi connectivity index (χ2n) is 3.90. The predicted molar refractivity (Wildman–Crippen MR) is 60.9 cm³/mol. The van der Waals surface area contributed by atoms with E-state index in [1.807, 2.05) is 0 Å². The summed E-state index contributed by atoms with van der Waals surface area (Å²) in [6, 6.07) is 8.15. The molecule has 0 N–H and O–H groups in total. The molecule has 0 atom stereocenters. The molecule has 18 heavy (non-hydrogen) atoms. The number of halogens is 3. The Morgan fingerprint density at radius 3 is 2.50 bits per heavy atom. The summed E-state index contributed by atoms with van der Waals surface area (Å²) in [5, 5.41) is 0. The molecule has 0 radical (unpaired) electrons. The number of rotatable bonds is 2. The van der Waals surface area contributed by atoms with Crippen LogP contribution >= 0.6 is 0 Å². The number of carbonyl (C=O) groups excluding carboxylic acids is 1. The molecular formula is C13H10F3NO. The van der Waals surface area contributed by atoms with Gasteiger partial charge in [0.1, 0.15) is 0 Å². The molecule has 0 fully saturated rings. The third kappa shape index (κ3) is 2.16. The van der Waals surface area contributed by atoms with Crippen molar-refractivity contribution in [3.63, 3.8) is 0 Å². The number of hydrogen-bond donors (Lipinski definition) is 0. The molecule has 0 aliphatic heterocycles. The van der Waals surface area contributed by atoms with Gasteiger partial charge in [-0.15, -0.1) is 0 Å². The molecule has 2 aromatic rings. The third-order valence-electron chi connectivity index (χ3n) is 2.66. The number of hydrogen-bond acceptors (Lipinski definition) is 1. The highest BCUT2D eigenvalue weighted by Crippen LogP contribution is 2.30. The zero-order valence-corrected chi connectivity index (χ0v) is 9.53. The van der Waals surface area contributed by atoms with E-state index in [2.05, 4.69) is 0 Å². The smallest absolute Gasteiger partial charge is 0.311 e. The second-order valence-corrected chi connectivity index (χ2v) is 3.90. The van der Waals surface area contributed by atoms with Crippen molar-refractivity contribution < 1.29 is 18.0 Å².